The number of amides is 2. The molecule has 4 aliphatic carbocycles. The first-order valence-corrected chi connectivity index (χ1v) is 10.4. The summed E-state index contributed by atoms with van der Waals surface area (Å²) in [6.45, 7) is 4.09. The summed E-state index contributed by atoms with van der Waals surface area (Å²) in [7, 11) is 0. The van der Waals surface area contributed by atoms with Gasteiger partial charge in [-0.2, -0.15) is 0 Å². The fraction of sp³-hybridized carbons (Fsp3) is 0.360. The number of imide groups is 1. The zero-order valence-corrected chi connectivity index (χ0v) is 16.5. The molecule has 4 heteroatoms. The van der Waals surface area contributed by atoms with E-state index in [0.717, 1.165) is 11.3 Å². The van der Waals surface area contributed by atoms with Crippen molar-refractivity contribution < 1.29 is 14.3 Å². The molecule has 5 aliphatic rings. The highest BCUT2D eigenvalue weighted by atomic mass is 16.5. The van der Waals surface area contributed by atoms with Gasteiger partial charge in [-0.1, -0.05) is 24.3 Å². The van der Waals surface area contributed by atoms with Crippen molar-refractivity contribution in [2.75, 3.05) is 4.90 Å². The lowest BCUT2D eigenvalue weighted by molar-refractivity contribution is -0.124. The van der Waals surface area contributed by atoms with Crippen molar-refractivity contribution in [1.82, 2.24) is 0 Å². The molecule has 0 unspecified atom stereocenters. The Morgan fingerprint density at radius 2 is 1.48 bits per heavy atom. The van der Waals surface area contributed by atoms with Gasteiger partial charge >= 0.3 is 0 Å². The minimum absolute atomic E-state index is 0.0205. The number of rotatable bonds is 3. The number of ether oxygens (including phenoxy) is 1. The van der Waals surface area contributed by atoms with Crippen molar-refractivity contribution in [1.29, 1.82) is 0 Å². The van der Waals surface area contributed by atoms with E-state index in [1.54, 1.807) is 0 Å². The Kier molecular flexibility index (Phi) is 3.41. The van der Waals surface area contributed by atoms with Crippen LogP contribution in [0.15, 0.2) is 54.6 Å². The van der Waals surface area contributed by atoms with Gasteiger partial charge in [0.2, 0.25) is 11.8 Å². The molecule has 2 aromatic carbocycles. The first-order chi connectivity index (χ1) is 14.0. The van der Waals surface area contributed by atoms with Crippen LogP contribution in [-0.2, 0) is 9.59 Å². The van der Waals surface area contributed by atoms with E-state index in [4.69, 9.17) is 4.74 Å². The molecule has 2 bridgehead atoms. The number of benzene rings is 2. The Morgan fingerprint density at radius 3 is 2.10 bits per heavy atom. The highest BCUT2D eigenvalue weighted by molar-refractivity contribution is 6.22. The summed E-state index contributed by atoms with van der Waals surface area (Å²) in [5.41, 5.74) is 2.93. The molecule has 0 aromatic heterocycles. The Hall–Kier alpha value is -2.88. The highest BCUT2D eigenvalue weighted by Gasteiger charge is 2.67. The molecular formula is C25H23NO3. The largest absolute Gasteiger partial charge is 0.457 e. The van der Waals surface area contributed by atoms with Gasteiger partial charge in [-0.15, -0.1) is 0 Å². The molecule has 1 heterocycles. The number of hydrogen-bond donors (Lipinski definition) is 0. The van der Waals surface area contributed by atoms with Crippen LogP contribution in [-0.4, -0.2) is 11.8 Å². The first kappa shape index (κ1) is 17.0. The summed E-state index contributed by atoms with van der Waals surface area (Å²) in [6, 6.07) is 13.3. The molecule has 29 heavy (non-hydrogen) atoms. The number of nitrogens with zero attached hydrogens (tertiary/aromatic N) is 1. The van der Waals surface area contributed by atoms with Crippen molar-refractivity contribution in [3.8, 4) is 11.5 Å². The molecule has 7 rings (SSSR count). The van der Waals surface area contributed by atoms with Gasteiger partial charge in [0.25, 0.3) is 0 Å². The highest BCUT2D eigenvalue weighted by Crippen LogP contribution is 2.65. The molecule has 3 fully saturated rings. The van der Waals surface area contributed by atoms with E-state index in [-0.39, 0.29) is 35.5 Å². The summed E-state index contributed by atoms with van der Waals surface area (Å²) in [5.74, 6) is 2.90. The first-order valence-electron chi connectivity index (χ1n) is 10.4. The van der Waals surface area contributed by atoms with Crippen LogP contribution < -0.4 is 9.64 Å². The molecule has 0 N–H and O–H groups in total. The van der Waals surface area contributed by atoms with Crippen LogP contribution in [0.25, 0.3) is 0 Å². The van der Waals surface area contributed by atoms with Crippen LogP contribution in [0.5, 0.6) is 11.5 Å². The zero-order valence-electron chi connectivity index (χ0n) is 16.5. The summed E-state index contributed by atoms with van der Waals surface area (Å²) in [4.78, 5) is 27.8. The van der Waals surface area contributed by atoms with Crippen LogP contribution in [0.1, 0.15) is 17.5 Å². The SMILES string of the molecule is Cc1cccc(Oc2ccc(N3C(=O)[C@H]4[C@@H]5C=C[C@H]([C@@H]6C[C@H]56)[C@@H]4C3=O)cc2)c1C. The summed E-state index contributed by atoms with van der Waals surface area (Å²) in [5, 5.41) is 0. The molecule has 2 amide bonds. The van der Waals surface area contributed by atoms with Gasteiger partial charge in [0, 0.05) is 0 Å². The Morgan fingerprint density at radius 1 is 0.862 bits per heavy atom. The third kappa shape index (κ3) is 2.32. The van der Waals surface area contributed by atoms with E-state index in [1.165, 1.54) is 16.9 Å². The van der Waals surface area contributed by atoms with E-state index in [0.29, 0.717) is 23.3 Å². The third-order valence-electron chi connectivity index (χ3n) is 7.54. The van der Waals surface area contributed by atoms with Crippen LogP contribution in [0.3, 0.4) is 0 Å². The Labute approximate surface area is 170 Å². The van der Waals surface area contributed by atoms with Crippen molar-refractivity contribution in [3.05, 3.63) is 65.7 Å². The van der Waals surface area contributed by atoms with Crippen LogP contribution in [0, 0.1) is 49.4 Å². The maximum Gasteiger partial charge on any atom is 0.238 e. The number of carbonyl (C=O) groups excluding carboxylic acids is 2. The average Bonchev–Trinajstić information content (AvgIpc) is 3.50. The molecule has 146 valence electrons. The van der Waals surface area contributed by atoms with E-state index in [1.807, 2.05) is 43.3 Å². The minimum Gasteiger partial charge on any atom is -0.457 e. The molecule has 1 aliphatic heterocycles. The molecule has 6 atom stereocenters. The van der Waals surface area contributed by atoms with Gasteiger partial charge in [-0.3, -0.25) is 14.5 Å². The average molecular weight is 385 g/mol. The lowest BCUT2D eigenvalue weighted by Gasteiger charge is -2.37. The number of aryl methyl sites for hydroxylation is 1. The lowest BCUT2D eigenvalue weighted by atomic mass is 9.63. The third-order valence-corrected chi connectivity index (χ3v) is 7.54. The standard InChI is InChI=1S/C25H23NO3/c1-13-4-3-5-21(14(13)2)29-16-8-6-15(7-9-16)26-24(27)22-17-10-11-18(20-12-19(17)20)23(22)25(26)28/h3-11,17-20,22-23H,12H2,1-2H3/t17-,18-,19-,20+,22+,23+/m1/s1. The van der Waals surface area contributed by atoms with E-state index in [2.05, 4.69) is 25.1 Å². The van der Waals surface area contributed by atoms with Gasteiger partial charge in [0.05, 0.1) is 17.5 Å². The number of allylic oxidation sites excluding steroid dienone is 2. The van der Waals surface area contributed by atoms with Crippen molar-refractivity contribution in [2.24, 2.45) is 35.5 Å². The fourth-order valence-corrected chi connectivity index (χ4v) is 5.84. The molecule has 2 aromatic rings. The maximum absolute atomic E-state index is 13.2. The van der Waals surface area contributed by atoms with Crippen molar-refractivity contribution in [3.63, 3.8) is 0 Å². The zero-order chi connectivity index (χ0) is 19.9. The van der Waals surface area contributed by atoms with Gasteiger partial charge in [-0.05, 0) is 85.4 Å². The van der Waals surface area contributed by atoms with Gasteiger partial charge in [0.1, 0.15) is 11.5 Å². The molecule has 0 spiro atoms. The van der Waals surface area contributed by atoms with Crippen LogP contribution >= 0.6 is 0 Å². The van der Waals surface area contributed by atoms with Gasteiger partial charge in [-0.25, -0.2) is 0 Å². The second-order valence-electron chi connectivity index (χ2n) is 8.96. The second kappa shape index (κ2) is 5.82. The van der Waals surface area contributed by atoms with Crippen molar-refractivity contribution in [2.45, 2.75) is 20.3 Å². The summed E-state index contributed by atoms with van der Waals surface area (Å²) in [6.07, 6.45) is 5.59. The minimum atomic E-state index is -0.160. The number of anilines is 1. The monoisotopic (exact) mass is 385 g/mol. The second-order valence-corrected chi connectivity index (χ2v) is 8.96. The van der Waals surface area contributed by atoms with E-state index in [9.17, 15) is 9.59 Å². The molecule has 1 saturated heterocycles. The maximum atomic E-state index is 13.2. The molecular weight excluding hydrogens is 362 g/mol. The van der Waals surface area contributed by atoms with E-state index >= 15 is 0 Å². The summed E-state index contributed by atoms with van der Waals surface area (Å²) >= 11 is 0. The lowest BCUT2D eigenvalue weighted by Crippen LogP contribution is -2.40. The number of hydrogen-bond acceptors (Lipinski definition) is 3. The van der Waals surface area contributed by atoms with Gasteiger partial charge in [0.15, 0.2) is 0 Å². The van der Waals surface area contributed by atoms with Crippen molar-refractivity contribution >= 4 is 17.5 Å². The smallest absolute Gasteiger partial charge is 0.238 e. The topological polar surface area (TPSA) is 46.6 Å². The normalized spacial score (nSPS) is 33.7. The Balaban J connectivity index is 1.27. The number of carbonyl (C=O) groups is 2. The van der Waals surface area contributed by atoms with Gasteiger partial charge < -0.3 is 4.74 Å². The molecule has 4 nitrogen and oxygen atoms in total. The Bertz CT molecular complexity index is 1030. The predicted molar refractivity (Wildman–Crippen MR) is 110 cm³/mol. The fourth-order valence-electron chi connectivity index (χ4n) is 5.84. The van der Waals surface area contributed by atoms with E-state index < -0.39 is 0 Å². The quantitative estimate of drug-likeness (QED) is 0.571. The van der Waals surface area contributed by atoms with Crippen LogP contribution in [0.4, 0.5) is 5.69 Å². The molecule has 2 saturated carbocycles. The summed E-state index contributed by atoms with van der Waals surface area (Å²) < 4.78 is 6.02. The predicted octanol–water partition coefficient (Wildman–Crippen LogP) is 4.65. The van der Waals surface area contributed by atoms with Crippen LogP contribution in [0.2, 0.25) is 0 Å². The molecule has 0 radical (unpaired) electrons.